The number of H-pyrrole nitrogens is 1. The molecule has 13 heavy (non-hydrogen) atoms. The normalized spacial score (nSPS) is 9.46. The molecule has 0 amide bonds. The van der Waals surface area contributed by atoms with E-state index >= 15 is 0 Å². The van der Waals surface area contributed by atoms with Crippen molar-refractivity contribution >= 4 is 0 Å². The average Bonchev–Trinajstić information content (AvgIpc) is 2.67. The van der Waals surface area contributed by atoms with Crippen LogP contribution in [0.4, 0.5) is 0 Å². The fourth-order valence-corrected chi connectivity index (χ4v) is 1.06. The highest BCUT2D eigenvalue weighted by Crippen LogP contribution is 2.15. The Morgan fingerprint density at radius 1 is 1.31 bits per heavy atom. The molecule has 62 valence electrons. The molecule has 2 aromatic heterocycles. The summed E-state index contributed by atoms with van der Waals surface area (Å²) in [4.78, 5) is 3.90. The van der Waals surface area contributed by atoms with Crippen LogP contribution in [0.15, 0.2) is 30.6 Å². The smallest absolute Gasteiger partial charge is 0.162 e. The van der Waals surface area contributed by atoms with Crippen molar-refractivity contribution in [2.75, 3.05) is 0 Å². The average molecular weight is 170 g/mol. The van der Waals surface area contributed by atoms with Crippen molar-refractivity contribution in [1.29, 1.82) is 5.26 Å². The topological polar surface area (TPSA) is 65.4 Å². The maximum Gasteiger partial charge on any atom is 0.162 e. The van der Waals surface area contributed by atoms with Crippen LogP contribution in [0.2, 0.25) is 0 Å². The molecule has 0 saturated carbocycles. The van der Waals surface area contributed by atoms with Gasteiger partial charge in [-0.05, 0) is 12.1 Å². The van der Waals surface area contributed by atoms with Crippen molar-refractivity contribution in [3.05, 3.63) is 36.3 Å². The SMILES string of the molecule is N#Cc1cc(-c2ccncc2)[nH]n1. The van der Waals surface area contributed by atoms with Crippen LogP contribution in [-0.4, -0.2) is 15.2 Å². The number of hydrogen-bond donors (Lipinski definition) is 1. The first-order valence-corrected chi connectivity index (χ1v) is 3.76. The summed E-state index contributed by atoms with van der Waals surface area (Å²) in [7, 11) is 0. The molecular formula is C9H6N4. The molecule has 4 heteroatoms. The van der Waals surface area contributed by atoms with Crippen molar-refractivity contribution in [2.24, 2.45) is 0 Å². The van der Waals surface area contributed by atoms with E-state index in [1.807, 2.05) is 18.2 Å². The largest absolute Gasteiger partial charge is 0.277 e. The van der Waals surface area contributed by atoms with Gasteiger partial charge in [0, 0.05) is 24.0 Å². The van der Waals surface area contributed by atoms with Crippen molar-refractivity contribution in [3.8, 4) is 17.3 Å². The number of aromatic nitrogens is 3. The summed E-state index contributed by atoms with van der Waals surface area (Å²) in [6, 6.07) is 7.37. The van der Waals surface area contributed by atoms with E-state index in [4.69, 9.17) is 5.26 Å². The molecule has 2 heterocycles. The van der Waals surface area contributed by atoms with E-state index in [1.54, 1.807) is 18.5 Å². The number of rotatable bonds is 1. The molecule has 2 rings (SSSR count). The monoisotopic (exact) mass is 170 g/mol. The van der Waals surface area contributed by atoms with Crippen molar-refractivity contribution in [3.63, 3.8) is 0 Å². The van der Waals surface area contributed by atoms with Gasteiger partial charge in [0.2, 0.25) is 0 Å². The van der Waals surface area contributed by atoms with Gasteiger partial charge in [0.1, 0.15) is 6.07 Å². The van der Waals surface area contributed by atoms with Gasteiger partial charge in [-0.3, -0.25) is 10.1 Å². The highest BCUT2D eigenvalue weighted by molar-refractivity contribution is 5.59. The number of nitrogens with zero attached hydrogens (tertiary/aromatic N) is 3. The minimum absolute atomic E-state index is 0.395. The lowest BCUT2D eigenvalue weighted by Gasteiger charge is -1.92. The highest BCUT2D eigenvalue weighted by Gasteiger charge is 2.01. The van der Waals surface area contributed by atoms with Crippen LogP contribution >= 0.6 is 0 Å². The highest BCUT2D eigenvalue weighted by atomic mass is 15.1. The number of nitrogens with one attached hydrogen (secondary N) is 1. The van der Waals surface area contributed by atoms with Gasteiger partial charge >= 0.3 is 0 Å². The zero-order valence-corrected chi connectivity index (χ0v) is 6.73. The first-order valence-electron chi connectivity index (χ1n) is 3.76. The van der Waals surface area contributed by atoms with Crippen LogP contribution in [0, 0.1) is 11.3 Å². The quantitative estimate of drug-likeness (QED) is 0.702. The van der Waals surface area contributed by atoms with Gasteiger partial charge < -0.3 is 0 Å². The lowest BCUT2D eigenvalue weighted by molar-refractivity contribution is 1.08. The van der Waals surface area contributed by atoms with Gasteiger partial charge in [-0.25, -0.2) is 0 Å². The second kappa shape index (κ2) is 3.07. The number of pyridine rings is 1. The molecule has 0 spiro atoms. The zero-order chi connectivity index (χ0) is 9.10. The summed E-state index contributed by atoms with van der Waals surface area (Å²) in [6.45, 7) is 0. The van der Waals surface area contributed by atoms with Crippen molar-refractivity contribution in [2.45, 2.75) is 0 Å². The maximum atomic E-state index is 8.55. The standard InChI is InChI=1S/C9H6N4/c10-6-8-5-9(13-12-8)7-1-3-11-4-2-7/h1-5H,(H,12,13). The van der Waals surface area contributed by atoms with E-state index in [-0.39, 0.29) is 0 Å². The number of hydrogen-bond acceptors (Lipinski definition) is 3. The number of aromatic amines is 1. The van der Waals surface area contributed by atoms with E-state index in [9.17, 15) is 0 Å². The van der Waals surface area contributed by atoms with Gasteiger partial charge in [-0.2, -0.15) is 10.4 Å². The van der Waals surface area contributed by atoms with Gasteiger partial charge in [-0.15, -0.1) is 0 Å². The maximum absolute atomic E-state index is 8.55. The molecule has 0 saturated heterocycles. The molecular weight excluding hydrogens is 164 g/mol. The van der Waals surface area contributed by atoms with Crippen LogP contribution in [0.3, 0.4) is 0 Å². The lowest BCUT2D eigenvalue weighted by Crippen LogP contribution is -1.77. The van der Waals surface area contributed by atoms with E-state index in [2.05, 4.69) is 15.2 Å². The summed E-state index contributed by atoms with van der Waals surface area (Å²) in [5.74, 6) is 0. The Kier molecular flexibility index (Phi) is 1.77. The summed E-state index contributed by atoms with van der Waals surface area (Å²) >= 11 is 0. The third kappa shape index (κ3) is 1.40. The van der Waals surface area contributed by atoms with Gasteiger partial charge in [-0.1, -0.05) is 0 Å². The van der Waals surface area contributed by atoms with Crippen molar-refractivity contribution < 1.29 is 0 Å². The molecule has 1 N–H and O–H groups in total. The Balaban J connectivity index is 2.43. The second-order valence-corrected chi connectivity index (χ2v) is 2.51. The Morgan fingerprint density at radius 2 is 2.08 bits per heavy atom. The molecule has 0 aliphatic rings. The van der Waals surface area contributed by atoms with Gasteiger partial charge in [0.05, 0.1) is 5.69 Å². The van der Waals surface area contributed by atoms with Crippen LogP contribution in [-0.2, 0) is 0 Å². The third-order valence-corrected chi connectivity index (χ3v) is 1.68. The minimum atomic E-state index is 0.395. The Morgan fingerprint density at radius 3 is 2.69 bits per heavy atom. The van der Waals surface area contributed by atoms with Crippen LogP contribution < -0.4 is 0 Å². The molecule has 0 unspecified atom stereocenters. The van der Waals surface area contributed by atoms with Gasteiger partial charge in [0.15, 0.2) is 5.69 Å². The molecule has 0 fully saturated rings. The molecule has 2 aromatic rings. The minimum Gasteiger partial charge on any atom is -0.277 e. The molecule has 0 radical (unpaired) electrons. The van der Waals surface area contributed by atoms with E-state index in [1.165, 1.54) is 0 Å². The summed E-state index contributed by atoms with van der Waals surface area (Å²) in [5, 5.41) is 15.1. The van der Waals surface area contributed by atoms with Crippen LogP contribution in [0.25, 0.3) is 11.3 Å². The van der Waals surface area contributed by atoms with E-state index < -0.39 is 0 Å². The molecule has 0 bridgehead atoms. The fraction of sp³-hybridized carbons (Fsp3) is 0. The molecule has 0 aromatic carbocycles. The number of nitriles is 1. The molecule has 0 aliphatic carbocycles. The Labute approximate surface area is 74.9 Å². The van der Waals surface area contributed by atoms with Gasteiger partial charge in [0.25, 0.3) is 0 Å². The fourth-order valence-electron chi connectivity index (χ4n) is 1.06. The summed E-state index contributed by atoms with van der Waals surface area (Å²) in [6.07, 6.45) is 3.39. The molecule has 0 atom stereocenters. The first-order chi connectivity index (χ1) is 6.40. The predicted octanol–water partition coefficient (Wildman–Crippen LogP) is 1.34. The van der Waals surface area contributed by atoms with E-state index in [0.717, 1.165) is 11.3 Å². The zero-order valence-electron chi connectivity index (χ0n) is 6.73. The molecule has 4 nitrogen and oxygen atoms in total. The van der Waals surface area contributed by atoms with Crippen molar-refractivity contribution in [1.82, 2.24) is 15.2 Å². The Bertz CT molecular complexity index is 438. The second-order valence-electron chi connectivity index (χ2n) is 2.51. The van der Waals surface area contributed by atoms with E-state index in [0.29, 0.717) is 5.69 Å². The van der Waals surface area contributed by atoms with Crippen LogP contribution in [0.1, 0.15) is 5.69 Å². The predicted molar refractivity (Wildman–Crippen MR) is 46.5 cm³/mol. The summed E-state index contributed by atoms with van der Waals surface area (Å²) < 4.78 is 0. The Hall–Kier alpha value is -2.15. The lowest BCUT2D eigenvalue weighted by atomic mass is 10.2. The molecule has 0 aliphatic heterocycles. The third-order valence-electron chi connectivity index (χ3n) is 1.68. The first kappa shape index (κ1) is 7.50. The van der Waals surface area contributed by atoms with Crippen LogP contribution in [0.5, 0.6) is 0 Å². The summed E-state index contributed by atoms with van der Waals surface area (Å²) in [5.41, 5.74) is 2.20.